The van der Waals surface area contributed by atoms with Crippen LogP contribution < -0.4 is 5.32 Å². The number of benzene rings is 1. The molecule has 94 valence electrons. The second-order valence-corrected chi connectivity index (χ2v) is 6.25. The predicted molar refractivity (Wildman–Crippen MR) is 68.9 cm³/mol. The number of para-hydroxylation sites is 1. The number of sulfone groups is 1. The van der Waals surface area contributed by atoms with Crippen LogP contribution in [-0.2, 0) is 14.6 Å². The number of carbonyl (C=O) groups is 1. The first kappa shape index (κ1) is 13.7. The molecule has 0 aliphatic rings. The fourth-order valence-corrected chi connectivity index (χ4v) is 2.05. The summed E-state index contributed by atoms with van der Waals surface area (Å²) < 4.78 is 21.7. The first-order valence-electron chi connectivity index (χ1n) is 5.46. The summed E-state index contributed by atoms with van der Waals surface area (Å²) in [5, 5.41) is 2.99. The Bertz CT molecular complexity index is 454. The van der Waals surface area contributed by atoms with Crippen LogP contribution in [0.4, 0.5) is 5.69 Å². The van der Waals surface area contributed by atoms with Crippen molar-refractivity contribution < 1.29 is 13.2 Å². The molecule has 0 aromatic heterocycles. The van der Waals surface area contributed by atoms with E-state index in [9.17, 15) is 13.2 Å². The first-order valence-corrected chi connectivity index (χ1v) is 7.52. The lowest BCUT2D eigenvalue weighted by Gasteiger charge is -2.04. The largest absolute Gasteiger partial charge is 0.378 e. The molecule has 0 spiro atoms. The number of hydrogen-bond donors (Lipinski definition) is 1. The zero-order valence-corrected chi connectivity index (χ0v) is 10.7. The summed E-state index contributed by atoms with van der Waals surface area (Å²) in [4.78, 5) is 11.4. The molecular formula is C12H17NO3S. The molecule has 17 heavy (non-hydrogen) atoms. The summed E-state index contributed by atoms with van der Waals surface area (Å²) in [5.74, 6) is 0.0990. The number of carbonyl (C=O) groups excluding carboxylic acids is 1. The summed E-state index contributed by atoms with van der Waals surface area (Å²) >= 11 is 0. The minimum atomic E-state index is -2.96. The van der Waals surface area contributed by atoms with Gasteiger partial charge in [-0.05, 0) is 18.6 Å². The maximum atomic E-state index is 11.4. The molecule has 0 aliphatic carbocycles. The number of anilines is 1. The normalized spacial score (nSPS) is 11.1. The van der Waals surface area contributed by atoms with E-state index in [1.54, 1.807) is 0 Å². The number of Topliss-reactive ketones (excluding diaryl/α,β-unsaturated/α-hetero) is 1. The molecule has 0 aliphatic heterocycles. The van der Waals surface area contributed by atoms with Crippen LogP contribution in [0.5, 0.6) is 0 Å². The van der Waals surface area contributed by atoms with Gasteiger partial charge < -0.3 is 5.32 Å². The molecule has 0 amide bonds. The van der Waals surface area contributed by atoms with E-state index in [0.717, 1.165) is 5.69 Å². The lowest BCUT2D eigenvalue weighted by molar-refractivity contribution is -0.117. The molecule has 0 bridgehead atoms. The van der Waals surface area contributed by atoms with Gasteiger partial charge in [0.1, 0.15) is 9.84 Å². The highest BCUT2D eigenvalue weighted by Crippen LogP contribution is 2.04. The van der Waals surface area contributed by atoms with Crippen LogP contribution in [0.15, 0.2) is 30.3 Å². The summed E-state index contributed by atoms with van der Waals surface area (Å²) in [6, 6.07) is 9.43. The Morgan fingerprint density at radius 3 is 2.47 bits per heavy atom. The lowest BCUT2D eigenvalue weighted by Crippen LogP contribution is -2.15. The van der Waals surface area contributed by atoms with Gasteiger partial charge in [-0.1, -0.05) is 18.2 Å². The van der Waals surface area contributed by atoms with Gasteiger partial charge in [0.15, 0.2) is 5.78 Å². The van der Waals surface area contributed by atoms with Crippen molar-refractivity contribution in [2.45, 2.75) is 12.8 Å². The van der Waals surface area contributed by atoms with E-state index in [-0.39, 0.29) is 18.1 Å². The molecule has 0 heterocycles. The molecule has 0 saturated carbocycles. The van der Waals surface area contributed by atoms with Crippen LogP contribution in [0.3, 0.4) is 0 Å². The van der Waals surface area contributed by atoms with Crippen molar-refractivity contribution in [3.8, 4) is 0 Å². The van der Waals surface area contributed by atoms with Crippen molar-refractivity contribution in [1.82, 2.24) is 0 Å². The molecule has 0 radical (unpaired) electrons. The zero-order valence-electron chi connectivity index (χ0n) is 9.85. The predicted octanol–water partition coefficient (Wildman–Crippen LogP) is 1.49. The fraction of sp³-hybridized carbons (Fsp3) is 0.417. The van der Waals surface area contributed by atoms with Crippen LogP contribution in [-0.4, -0.2) is 32.8 Å². The maximum absolute atomic E-state index is 11.4. The number of nitrogens with one attached hydrogen (secondary N) is 1. The molecule has 1 N–H and O–H groups in total. The minimum absolute atomic E-state index is 0.0255. The van der Waals surface area contributed by atoms with E-state index >= 15 is 0 Å². The van der Waals surface area contributed by atoms with E-state index in [1.165, 1.54) is 6.26 Å². The van der Waals surface area contributed by atoms with Gasteiger partial charge in [0.05, 0.1) is 12.3 Å². The third-order valence-electron chi connectivity index (χ3n) is 2.23. The van der Waals surface area contributed by atoms with Gasteiger partial charge in [0.25, 0.3) is 0 Å². The van der Waals surface area contributed by atoms with Crippen molar-refractivity contribution >= 4 is 21.3 Å². The van der Waals surface area contributed by atoms with Gasteiger partial charge >= 0.3 is 0 Å². The molecule has 0 unspecified atom stereocenters. The SMILES string of the molecule is CS(=O)(=O)CCCC(=O)CNc1ccccc1. The van der Waals surface area contributed by atoms with Crippen molar-refractivity contribution in [2.75, 3.05) is 23.9 Å². The topological polar surface area (TPSA) is 63.2 Å². The van der Waals surface area contributed by atoms with E-state index in [0.29, 0.717) is 12.8 Å². The quantitative estimate of drug-likeness (QED) is 0.802. The highest BCUT2D eigenvalue weighted by Gasteiger charge is 2.05. The van der Waals surface area contributed by atoms with Crippen molar-refractivity contribution in [3.05, 3.63) is 30.3 Å². The Balaban J connectivity index is 2.22. The fourth-order valence-electron chi connectivity index (χ4n) is 1.38. The van der Waals surface area contributed by atoms with E-state index in [1.807, 2.05) is 30.3 Å². The van der Waals surface area contributed by atoms with Crippen LogP contribution >= 0.6 is 0 Å². The lowest BCUT2D eigenvalue weighted by atomic mass is 10.2. The Hall–Kier alpha value is -1.36. The zero-order chi connectivity index (χ0) is 12.7. The van der Waals surface area contributed by atoms with Crippen molar-refractivity contribution in [3.63, 3.8) is 0 Å². The molecule has 1 rings (SSSR count). The highest BCUT2D eigenvalue weighted by atomic mass is 32.2. The van der Waals surface area contributed by atoms with Gasteiger partial charge in [0.2, 0.25) is 0 Å². The molecule has 0 atom stereocenters. The molecule has 1 aromatic rings. The highest BCUT2D eigenvalue weighted by molar-refractivity contribution is 7.90. The van der Waals surface area contributed by atoms with Crippen LogP contribution in [0.2, 0.25) is 0 Å². The molecule has 1 aromatic carbocycles. The third-order valence-corrected chi connectivity index (χ3v) is 3.26. The van der Waals surface area contributed by atoms with E-state index < -0.39 is 9.84 Å². The summed E-state index contributed by atoms with van der Waals surface area (Å²) in [7, 11) is -2.96. The minimum Gasteiger partial charge on any atom is -0.378 e. The Morgan fingerprint density at radius 2 is 1.88 bits per heavy atom. The van der Waals surface area contributed by atoms with Gasteiger partial charge in [-0.3, -0.25) is 4.79 Å². The standard InChI is InChI=1S/C12H17NO3S/c1-17(15,16)9-5-8-12(14)10-13-11-6-3-2-4-7-11/h2-4,6-7,13H,5,8-10H2,1H3. The summed E-state index contributed by atoms with van der Waals surface area (Å²) in [6.07, 6.45) is 1.88. The molecule has 0 fully saturated rings. The second kappa shape index (κ2) is 6.39. The molecule has 0 saturated heterocycles. The summed E-state index contributed by atoms with van der Waals surface area (Å²) in [5.41, 5.74) is 0.893. The van der Waals surface area contributed by atoms with Crippen LogP contribution in [0.25, 0.3) is 0 Å². The third kappa shape index (κ3) is 6.73. The van der Waals surface area contributed by atoms with Crippen molar-refractivity contribution in [1.29, 1.82) is 0 Å². The monoisotopic (exact) mass is 255 g/mol. The molecular weight excluding hydrogens is 238 g/mol. The average molecular weight is 255 g/mol. The smallest absolute Gasteiger partial charge is 0.151 e. The molecule has 4 nitrogen and oxygen atoms in total. The second-order valence-electron chi connectivity index (χ2n) is 3.99. The first-order chi connectivity index (χ1) is 7.97. The Labute approximate surface area is 102 Å². The summed E-state index contributed by atoms with van der Waals surface area (Å²) in [6.45, 7) is 0.244. The van der Waals surface area contributed by atoms with Crippen LogP contribution in [0, 0.1) is 0 Å². The Kier molecular flexibility index (Phi) is 5.15. The van der Waals surface area contributed by atoms with E-state index in [4.69, 9.17) is 0 Å². The maximum Gasteiger partial charge on any atom is 0.151 e. The number of hydrogen-bond acceptors (Lipinski definition) is 4. The average Bonchev–Trinajstić information content (AvgIpc) is 2.26. The van der Waals surface area contributed by atoms with Gasteiger partial charge in [-0.2, -0.15) is 0 Å². The number of rotatable bonds is 7. The van der Waals surface area contributed by atoms with Gasteiger partial charge in [-0.25, -0.2) is 8.42 Å². The van der Waals surface area contributed by atoms with E-state index in [2.05, 4.69) is 5.32 Å². The Morgan fingerprint density at radius 1 is 1.24 bits per heavy atom. The van der Waals surface area contributed by atoms with Gasteiger partial charge in [0, 0.05) is 18.4 Å². The van der Waals surface area contributed by atoms with Crippen molar-refractivity contribution in [2.24, 2.45) is 0 Å². The molecule has 5 heteroatoms. The number of ketones is 1. The van der Waals surface area contributed by atoms with Gasteiger partial charge in [-0.15, -0.1) is 0 Å². The van der Waals surface area contributed by atoms with Crippen LogP contribution in [0.1, 0.15) is 12.8 Å².